The average molecular weight is 426 g/mol. The van der Waals surface area contributed by atoms with E-state index in [0.29, 0.717) is 4.88 Å². The fourth-order valence-corrected chi connectivity index (χ4v) is 2.39. The minimum absolute atomic E-state index is 0.371. The fraction of sp³-hybridized carbons (Fsp3) is 0.250. The molecule has 0 radical (unpaired) electrons. The lowest BCUT2D eigenvalue weighted by Crippen LogP contribution is -2.23. The van der Waals surface area contributed by atoms with E-state index in [-0.39, 0.29) is 5.75 Å². The monoisotopic (exact) mass is 426 g/mol. The van der Waals surface area contributed by atoms with E-state index in [9.17, 15) is 31.1 Å². The molecule has 0 bridgehead atoms. The van der Waals surface area contributed by atoms with Crippen LogP contribution in [0.25, 0.3) is 0 Å². The van der Waals surface area contributed by atoms with Gasteiger partial charge in [-0.2, -0.15) is 31.4 Å². The predicted octanol–water partition coefficient (Wildman–Crippen LogP) is 4.39. The van der Waals surface area contributed by atoms with Crippen molar-refractivity contribution in [3.63, 3.8) is 0 Å². The van der Waals surface area contributed by atoms with Crippen molar-refractivity contribution in [2.75, 3.05) is 13.2 Å². The van der Waals surface area contributed by atoms with Crippen LogP contribution in [0.15, 0.2) is 40.8 Å². The van der Waals surface area contributed by atoms with E-state index in [1.54, 1.807) is 17.5 Å². The molecule has 1 aromatic heterocycles. The molecule has 0 aliphatic rings. The van der Waals surface area contributed by atoms with E-state index in [0.717, 1.165) is 18.2 Å². The smallest absolute Gasteiger partial charge is 0.422 e. The molecule has 0 aliphatic carbocycles. The number of hydrazone groups is 1. The lowest BCUT2D eigenvalue weighted by molar-refractivity contribution is -0.154. The second-order valence-corrected chi connectivity index (χ2v) is 6.16. The second-order valence-electron chi connectivity index (χ2n) is 5.18. The molecule has 0 saturated carbocycles. The second kappa shape index (κ2) is 8.95. The molecular weight excluding hydrogens is 414 g/mol. The molecule has 0 unspecified atom stereocenters. The molecule has 5 nitrogen and oxygen atoms in total. The molecule has 1 N–H and O–H groups in total. The molecule has 0 spiro atoms. The van der Waals surface area contributed by atoms with Gasteiger partial charge in [-0.1, -0.05) is 6.07 Å². The molecule has 1 heterocycles. The van der Waals surface area contributed by atoms with Crippen LogP contribution in [0.2, 0.25) is 0 Å². The number of halogens is 6. The first-order chi connectivity index (χ1) is 13.0. The van der Waals surface area contributed by atoms with Gasteiger partial charge in [-0.25, -0.2) is 5.43 Å². The molecule has 12 heteroatoms. The van der Waals surface area contributed by atoms with Crippen LogP contribution in [0.1, 0.15) is 15.2 Å². The van der Waals surface area contributed by atoms with Crippen LogP contribution in [-0.4, -0.2) is 37.7 Å². The van der Waals surface area contributed by atoms with Gasteiger partial charge in [0.15, 0.2) is 13.2 Å². The first-order valence-corrected chi connectivity index (χ1v) is 8.31. The zero-order valence-corrected chi connectivity index (χ0v) is 14.6. The minimum atomic E-state index is -4.67. The number of thiophene rings is 1. The number of rotatable bonds is 7. The summed E-state index contributed by atoms with van der Waals surface area (Å²) in [7, 11) is 0. The van der Waals surface area contributed by atoms with Crippen LogP contribution >= 0.6 is 11.3 Å². The van der Waals surface area contributed by atoms with Gasteiger partial charge in [-0.15, -0.1) is 11.3 Å². The highest BCUT2D eigenvalue weighted by atomic mass is 32.1. The topological polar surface area (TPSA) is 59.9 Å². The lowest BCUT2D eigenvalue weighted by atomic mass is 10.2. The van der Waals surface area contributed by atoms with E-state index >= 15 is 0 Å². The largest absolute Gasteiger partial charge is 0.484 e. The number of amides is 1. The Hall–Kier alpha value is -2.76. The molecule has 2 rings (SSSR count). The number of hydrogen-bond acceptors (Lipinski definition) is 5. The number of carbonyl (C=O) groups is 1. The maximum atomic E-state index is 12.4. The highest BCUT2D eigenvalue weighted by Crippen LogP contribution is 2.27. The minimum Gasteiger partial charge on any atom is -0.484 e. The van der Waals surface area contributed by atoms with Crippen molar-refractivity contribution in [1.82, 2.24) is 5.43 Å². The fourth-order valence-electron chi connectivity index (χ4n) is 1.81. The van der Waals surface area contributed by atoms with Crippen LogP contribution in [-0.2, 0) is 0 Å². The molecule has 0 saturated heterocycles. The Kier molecular flexibility index (Phi) is 6.89. The average Bonchev–Trinajstić information content (AvgIpc) is 3.10. The number of benzene rings is 1. The third-order valence-electron chi connectivity index (χ3n) is 2.89. The summed E-state index contributed by atoms with van der Waals surface area (Å²) in [5.41, 5.74) is 1.61. The van der Waals surface area contributed by atoms with E-state index < -0.39 is 42.8 Å². The maximum Gasteiger partial charge on any atom is 0.422 e. The summed E-state index contributed by atoms with van der Waals surface area (Å²) in [5, 5.41) is 5.40. The third-order valence-corrected chi connectivity index (χ3v) is 3.70. The summed E-state index contributed by atoms with van der Waals surface area (Å²) in [4.78, 5) is 12.9. The summed E-state index contributed by atoms with van der Waals surface area (Å²) in [6.45, 7) is -3.32. The number of nitrogens with zero attached hydrogens (tertiary/aromatic N) is 1. The Morgan fingerprint density at radius 1 is 1.07 bits per heavy atom. The predicted molar refractivity (Wildman–Crippen MR) is 88.9 cm³/mol. The van der Waals surface area contributed by atoms with Crippen molar-refractivity contribution in [3.8, 4) is 11.5 Å². The molecular formula is C16H12F6N2O3S. The van der Waals surface area contributed by atoms with Gasteiger partial charge in [0.05, 0.1) is 11.8 Å². The Bertz CT molecular complexity index is 819. The first-order valence-electron chi connectivity index (χ1n) is 7.43. The molecule has 152 valence electrons. The Balaban J connectivity index is 2.18. The molecule has 1 aromatic carbocycles. The summed E-state index contributed by atoms with van der Waals surface area (Å²) in [6, 6.07) is 6.15. The molecule has 2 aromatic rings. The van der Waals surface area contributed by atoms with E-state index in [2.05, 4.69) is 20.0 Å². The lowest BCUT2D eigenvalue weighted by Gasteiger charge is -2.14. The van der Waals surface area contributed by atoms with E-state index in [4.69, 9.17) is 0 Å². The maximum absolute atomic E-state index is 12.4. The van der Waals surface area contributed by atoms with Gasteiger partial charge in [0.2, 0.25) is 0 Å². The SMILES string of the molecule is O=C(N/N=C/c1cccs1)c1cc(OCC(F)(F)F)ccc1OCC(F)(F)F. The summed E-state index contributed by atoms with van der Waals surface area (Å²) >= 11 is 1.32. The van der Waals surface area contributed by atoms with Crippen LogP contribution < -0.4 is 14.9 Å². The summed E-state index contributed by atoms with van der Waals surface area (Å²) < 4.78 is 83.0. The van der Waals surface area contributed by atoms with E-state index in [1.165, 1.54) is 17.6 Å². The first kappa shape index (κ1) is 21.5. The van der Waals surface area contributed by atoms with Gasteiger partial charge in [0, 0.05) is 4.88 Å². The van der Waals surface area contributed by atoms with Crippen LogP contribution in [0.3, 0.4) is 0 Å². The normalized spacial score (nSPS) is 12.2. The van der Waals surface area contributed by atoms with Gasteiger partial charge < -0.3 is 9.47 Å². The Morgan fingerprint density at radius 2 is 1.75 bits per heavy atom. The zero-order chi connectivity index (χ0) is 20.8. The van der Waals surface area contributed by atoms with E-state index in [1.807, 2.05) is 0 Å². The van der Waals surface area contributed by atoms with Crippen LogP contribution in [0.5, 0.6) is 11.5 Å². The van der Waals surface area contributed by atoms with Crippen LogP contribution in [0, 0.1) is 0 Å². The van der Waals surface area contributed by atoms with Gasteiger partial charge >= 0.3 is 12.4 Å². The Labute approximate surface area is 158 Å². The standard InChI is InChI=1S/C16H12F6N2O3S/c17-15(18,19)8-26-10-3-4-13(27-9-16(20,21)22)12(6-10)14(25)24-23-7-11-2-1-5-28-11/h1-7H,8-9H2,(H,24,25)/b23-7+. The number of hydrogen-bond donors (Lipinski definition) is 1. The van der Waals surface area contributed by atoms with Gasteiger partial charge in [0.25, 0.3) is 5.91 Å². The zero-order valence-electron chi connectivity index (χ0n) is 13.8. The van der Waals surface area contributed by atoms with Crippen molar-refractivity contribution in [2.45, 2.75) is 12.4 Å². The summed E-state index contributed by atoms with van der Waals surface area (Å²) in [5.74, 6) is -1.84. The number of alkyl halides is 6. The van der Waals surface area contributed by atoms with Crippen molar-refractivity contribution in [3.05, 3.63) is 46.2 Å². The number of nitrogens with one attached hydrogen (secondary N) is 1. The van der Waals surface area contributed by atoms with Crippen molar-refractivity contribution >= 4 is 23.5 Å². The molecule has 28 heavy (non-hydrogen) atoms. The molecule has 1 amide bonds. The number of ether oxygens (including phenoxy) is 2. The quantitative estimate of drug-likeness (QED) is 0.406. The van der Waals surface area contributed by atoms with Gasteiger partial charge in [0.1, 0.15) is 11.5 Å². The third kappa shape index (κ3) is 7.47. The number of carbonyl (C=O) groups excluding carboxylic acids is 1. The van der Waals surface area contributed by atoms with Crippen LogP contribution in [0.4, 0.5) is 26.3 Å². The van der Waals surface area contributed by atoms with Crippen molar-refractivity contribution in [1.29, 1.82) is 0 Å². The highest BCUT2D eigenvalue weighted by molar-refractivity contribution is 7.11. The molecule has 0 fully saturated rings. The molecule has 0 aliphatic heterocycles. The molecule has 0 atom stereocenters. The van der Waals surface area contributed by atoms with Gasteiger partial charge in [-0.05, 0) is 29.6 Å². The van der Waals surface area contributed by atoms with Crippen molar-refractivity contribution in [2.24, 2.45) is 5.10 Å². The van der Waals surface area contributed by atoms with Crippen molar-refractivity contribution < 1.29 is 40.6 Å². The Morgan fingerprint density at radius 3 is 2.36 bits per heavy atom. The van der Waals surface area contributed by atoms with Gasteiger partial charge in [-0.3, -0.25) is 4.79 Å². The highest BCUT2D eigenvalue weighted by Gasteiger charge is 2.30. The summed E-state index contributed by atoms with van der Waals surface area (Å²) in [6.07, 6.45) is -8.00.